The fourth-order valence-corrected chi connectivity index (χ4v) is 4.94. The van der Waals surface area contributed by atoms with E-state index in [0.717, 1.165) is 36.4 Å². The summed E-state index contributed by atoms with van der Waals surface area (Å²) < 4.78 is 5.84. The van der Waals surface area contributed by atoms with Crippen LogP contribution < -0.4 is 20.7 Å². The molecule has 1 aromatic heterocycles. The molecule has 0 aliphatic heterocycles. The third-order valence-electron chi connectivity index (χ3n) is 6.36. The molecule has 1 saturated carbocycles. The summed E-state index contributed by atoms with van der Waals surface area (Å²) in [5.41, 5.74) is 2.73. The molecule has 1 fully saturated rings. The van der Waals surface area contributed by atoms with Crippen molar-refractivity contribution in [3.8, 4) is 11.8 Å². The van der Waals surface area contributed by atoms with Crippen LogP contribution >= 0.6 is 11.3 Å². The molecule has 1 aliphatic rings. The van der Waals surface area contributed by atoms with E-state index in [0.29, 0.717) is 29.5 Å². The van der Waals surface area contributed by atoms with Gasteiger partial charge in [0.05, 0.1) is 17.7 Å². The van der Waals surface area contributed by atoms with Crippen LogP contribution in [0.1, 0.15) is 72.1 Å². The zero-order valence-corrected chi connectivity index (χ0v) is 21.8. The normalized spacial score (nSPS) is 17.0. The number of hydrogen-bond acceptors (Lipinski definition) is 6. The van der Waals surface area contributed by atoms with Crippen LogP contribution in [0.25, 0.3) is 0 Å². The van der Waals surface area contributed by atoms with Crippen LogP contribution in [-0.4, -0.2) is 29.0 Å². The lowest BCUT2D eigenvalue weighted by molar-refractivity contribution is 0.0911. The first kappa shape index (κ1) is 26.2. The number of benzene rings is 2. The van der Waals surface area contributed by atoms with E-state index >= 15 is 0 Å². The number of aromatic nitrogens is 1. The summed E-state index contributed by atoms with van der Waals surface area (Å²) in [6.07, 6.45) is 3.51. The van der Waals surface area contributed by atoms with Gasteiger partial charge in [0, 0.05) is 17.1 Å². The second kappa shape index (κ2) is 12.4. The molecule has 2 aromatic carbocycles. The molecule has 2 atom stereocenters. The maximum Gasteiger partial charge on any atom is 0.319 e. The second-order valence-corrected chi connectivity index (χ2v) is 10.3. The number of nitriles is 1. The van der Waals surface area contributed by atoms with Crippen molar-refractivity contribution in [1.29, 1.82) is 5.26 Å². The molecule has 0 bridgehead atoms. The SMILES string of the molecule is CC(C)c1ccc(OCc2nc(C(=O)NC3CCCCC3NC(=O)Nc3ccc(C#N)cc3)cs2)cc1. The van der Waals surface area contributed by atoms with Gasteiger partial charge in [-0.1, -0.05) is 38.8 Å². The van der Waals surface area contributed by atoms with Gasteiger partial charge in [0.25, 0.3) is 5.91 Å². The van der Waals surface area contributed by atoms with Crippen molar-refractivity contribution < 1.29 is 14.3 Å². The van der Waals surface area contributed by atoms with Gasteiger partial charge < -0.3 is 20.7 Å². The number of hydrogen-bond donors (Lipinski definition) is 3. The highest BCUT2D eigenvalue weighted by atomic mass is 32.1. The van der Waals surface area contributed by atoms with Gasteiger partial charge in [0.2, 0.25) is 0 Å². The maximum absolute atomic E-state index is 12.9. The number of urea groups is 1. The smallest absolute Gasteiger partial charge is 0.319 e. The fraction of sp³-hybridized carbons (Fsp3) is 0.357. The third kappa shape index (κ3) is 7.30. The van der Waals surface area contributed by atoms with E-state index in [4.69, 9.17) is 10.00 Å². The van der Waals surface area contributed by atoms with Crippen molar-refractivity contribution >= 4 is 29.0 Å². The first-order valence-electron chi connectivity index (χ1n) is 12.5. The number of anilines is 1. The lowest BCUT2D eigenvalue weighted by Crippen LogP contribution is -2.54. The average molecular weight is 518 g/mol. The molecule has 0 radical (unpaired) electrons. The van der Waals surface area contributed by atoms with E-state index < -0.39 is 0 Å². The molecule has 2 unspecified atom stereocenters. The highest BCUT2D eigenvalue weighted by molar-refractivity contribution is 7.09. The predicted octanol–water partition coefficient (Wildman–Crippen LogP) is 5.58. The van der Waals surface area contributed by atoms with E-state index in [-0.39, 0.29) is 24.0 Å². The van der Waals surface area contributed by atoms with E-state index in [1.165, 1.54) is 16.9 Å². The third-order valence-corrected chi connectivity index (χ3v) is 7.19. The van der Waals surface area contributed by atoms with Crippen LogP contribution in [0, 0.1) is 11.3 Å². The van der Waals surface area contributed by atoms with Crippen molar-refractivity contribution in [2.75, 3.05) is 5.32 Å². The fourth-order valence-electron chi connectivity index (χ4n) is 4.26. The molecular weight excluding hydrogens is 486 g/mol. The topological polar surface area (TPSA) is 116 Å². The molecule has 3 aromatic rings. The largest absolute Gasteiger partial charge is 0.486 e. The van der Waals surface area contributed by atoms with Gasteiger partial charge >= 0.3 is 6.03 Å². The van der Waals surface area contributed by atoms with Gasteiger partial charge in [-0.05, 0) is 60.7 Å². The Bertz CT molecular complexity index is 1250. The van der Waals surface area contributed by atoms with Crippen LogP contribution in [0.5, 0.6) is 5.75 Å². The molecule has 192 valence electrons. The molecule has 4 rings (SSSR count). The molecule has 1 aliphatic carbocycles. The van der Waals surface area contributed by atoms with Gasteiger partial charge in [0.15, 0.2) is 0 Å². The Labute approximate surface area is 221 Å². The summed E-state index contributed by atoms with van der Waals surface area (Å²) in [7, 11) is 0. The van der Waals surface area contributed by atoms with E-state index in [9.17, 15) is 9.59 Å². The highest BCUT2D eigenvalue weighted by Gasteiger charge is 2.28. The van der Waals surface area contributed by atoms with Gasteiger partial charge in [-0.2, -0.15) is 5.26 Å². The minimum Gasteiger partial charge on any atom is -0.486 e. The number of ether oxygens (including phenoxy) is 1. The van der Waals surface area contributed by atoms with Gasteiger partial charge in [-0.15, -0.1) is 11.3 Å². The monoisotopic (exact) mass is 517 g/mol. The van der Waals surface area contributed by atoms with Gasteiger partial charge in [-0.25, -0.2) is 9.78 Å². The summed E-state index contributed by atoms with van der Waals surface area (Å²) >= 11 is 1.39. The minimum absolute atomic E-state index is 0.186. The Kier molecular flexibility index (Phi) is 8.75. The highest BCUT2D eigenvalue weighted by Crippen LogP contribution is 2.22. The van der Waals surface area contributed by atoms with Crippen LogP contribution in [0.3, 0.4) is 0 Å². The standard InChI is InChI=1S/C28H31N5O3S/c1-18(2)20-9-13-22(14-10-20)36-16-26-31-25(17-37-26)27(34)32-23-5-3-4-6-24(23)33-28(35)30-21-11-7-19(15-29)8-12-21/h7-14,17-18,23-24H,3-6,16H2,1-2H3,(H,32,34)(H2,30,33,35). The number of nitrogens with zero attached hydrogens (tertiary/aromatic N) is 2. The van der Waals surface area contributed by atoms with Gasteiger partial charge in [0.1, 0.15) is 23.1 Å². The number of thiazole rings is 1. The molecule has 3 N–H and O–H groups in total. The lowest BCUT2D eigenvalue weighted by atomic mass is 9.90. The summed E-state index contributed by atoms with van der Waals surface area (Å²) in [4.78, 5) is 29.9. The van der Waals surface area contributed by atoms with Crippen molar-refractivity contribution in [2.45, 2.75) is 64.1 Å². The maximum atomic E-state index is 12.9. The van der Waals surface area contributed by atoms with Crippen LogP contribution in [0.15, 0.2) is 53.9 Å². The molecule has 9 heteroatoms. The molecule has 37 heavy (non-hydrogen) atoms. The zero-order valence-electron chi connectivity index (χ0n) is 21.0. The van der Waals surface area contributed by atoms with E-state index in [2.05, 4.69) is 53.0 Å². The van der Waals surface area contributed by atoms with Crippen molar-refractivity contribution in [3.05, 3.63) is 75.7 Å². The average Bonchev–Trinajstić information content (AvgIpc) is 3.38. The number of rotatable bonds is 8. The van der Waals surface area contributed by atoms with Crippen LogP contribution in [-0.2, 0) is 6.61 Å². The Morgan fingerprint density at radius 2 is 1.73 bits per heavy atom. The Hall–Kier alpha value is -3.90. The van der Waals surface area contributed by atoms with E-state index in [1.807, 2.05) is 12.1 Å². The Balaban J connectivity index is 1.29. The summed E-state index contributed by atoms with van der Waals surface area (Å²) in [5, 5.41) is 20.2. The Morgan fingerprint density at radius 3 is 2.38 bits per heavy atom. The second-order valence-electron chi connectivity index (χ2n) is 9.40. The number of amides is 3. The molecule has 8 nitrogen and oxygen atoms in total. The first-order valence-corrected chi connectivity index (χ1v) is 13.3. The van der Waals surface area contributed by atoms with Crippen LogP contribution in [0.2, 0.25) is 0 Å². The molecule has 3 amide bonds. The zero-order chi connectivity index (χ0) is 26.2. The minimum atomic E-state index is -0.342. The molecule has 0 saturated heterocycles. The Morgan fingerprint density at radius 1 is 1.05 bits per heavy atom. The van der Waals surface area contributed by atoms with Gasteiger partial charge in [-0.3, -0.25) is 4.79 Å². The van der Waals surface area contributed by atoms with Crippen molar-refractivity contribution in [2.24, 2.45) is 0 Å². The summed E-state index contributed by atoms with van der Waals surface area (Å²) in [6.45, 7) is 4.59. The van der Waals surface area contributed by atoms with E-state index in [1.54, 1.807) is 29.6 Å². The first-order chi connectivity index (χ1) is 17.9. The summed E-state index contributed by atoms with van der Waals surface area (Å²) in [5.74, 6) is 0.973. The molecule has 1 heterocycles. The molecule has 0 spiro atoms. The summed E-state index contributed by atoms with van der Waals surface area (Å²) in [6, 6.07) is 16.0. The number of carbonyl (C=O) groups is 2. The number of carbonyl (C=O) groups excluding carboxylic acids is 2. The lowest BCUT2D eigenvalue weighted by Gasteiger charge is -2.32. The quantitative estimate of drug-likeness (QED) is 0.361. The predicted molar refractivity (Wildman–Crippen MR) is 144 cm³/mol. The van der Waals surface area contributed by atoms with Crippen LogP contribution in [0.4, 0.5) is 10.5 Å². The van der Waals surface area contributed by atoms with Crippen molar-refractivity contribution in [1.82, 2.24) is 15.6 Å². The number of nitrogens with one attached hydrogen (secondary N) is 3. The van der Waals surface area contributed by atoms with Crippen molar-refractivity contribution in [3.63, 3.8) is 0 Å². The molecular formula is C28H31N5O3S.